The van der Waals surface area contributed by atoms with Crippen molar-refractivity contribution < 1.29 is 0 Å². The molecule has 11 heavy (non-hydrogen) atoms. The average molecular weight is 187 g/mol. The first kappa shape index (κ1) is 10.7. The zero-order chi connectivity index (χ0) is 8.74. The van der Waals surface area contributed by atoms with Crippen LogP contribution in [-0.4, -0.2) is 14.0 Å². The van der Waals surface area contributed by atoms with Crippen LogP contribution in [0.25, 0.3) is 0 Å². The molecule has 0 atom stereocenters. The fourth-order valence-corrected chi connectivity index (χ4v) is 3.19. The van der Waals surface area contributed by atoms with Gasteiger partial charge in [-0.25, -0.2) is 0 Å². The molecule has 0 radical (unpaired) electrons. The largest absolute Gasteiger partial charge is 0.127 e. The van der Waals surface area contributed by atoms with Crippen molar-refractivity contribution in [3.05, 3.63) is 36.8 Å². The molecule has 0 aromatic carbocycles. The molecule has 0 spiro atoms. The van der Waals surface area contributed by atoms with E-state index in [0.29, 0.717) is 5.88 Å². The molecule has 0 unspecified atom stereocenters. The summed E-state index contributed by atoms with van der Waals surface area (Å²) in [6.07, 6.45) is 1.03. The Labute approximate surface area is 75.3 Å². The van der Waals surface area contributed by atoms with Crippen LogP contribution >= 0.6 is 11.6 Å². The highest BCUT2D eigenvalue weighted by molar-refractivity contribution is 6.93. The third-order valence-electron chi connectivity index (χ3n) is 1.88. The highest BCUT2D eigenvalue weighted by Crippen LogP contribution is 2.16. The van der Waals surface area contributed by atoms with Crippen LogP contribution in [0.5, 0.6) is 0 Å². The predicted molar refractivity (Wildman–Crippen MR) is 56.5 cm³/mol. The van der Waals surface area contributed by atoms with Crippen molar-refractivity contribution in [3.8, 4) is 0 Å². The van der Waals surface area contributed by atoms with E-state index in [9.17, 15) is 0 Å². The fraction of sp³-hybridized carbons (Fsp3) is 0.333. The third-order valence-corrected chi connectivity index (χ3v) is 5.65. The van der Waals surface area contributed by atoms with E-state index < -0.39 is 8.07 Å². The topological polar surface area (TPSA) is 0 Å². The summed E-state index contributed by atoms with van der Waals surface area (Å²) in [5, 5.41) is 0. The molecule has 2 heteroatoms. The van der Waals surface area contributed by atoms with Gasteiger partial charge in [-0.1, -0.05) is 17.1 Å². The smallest absolute Gasteiger partial charge is 0.124 e. The van der Waals surface area contributed by atoms with Crippen molar-refractivity contribution in [2.75, 3.05) is 5.88 Å². The van der Waals surface area contributed by atoms with Gasteiger partial charge in [0.15, 0.2) is 0 Å². The van der Waals surface area contributed by atoms with Crippen molar-refractivity contribution in [2.45, 2.75) is 12.5 Å². The maximum Gasteiger partial charge on any atom is 0.124 e. The van der Waals surface area contributed by atoms with Gasteiger partial charge in [0.1, 0.15) is 8.07 Å². The third kappa shape index (κ3) is 3.08. The highest BCUT2D eigenvalue weighted by Gasteiger charge is 2.19. The predicted octanol–water partition coefficient (Wildman–Crippen LogP) is 3.24. The van der Waals surface area contributed by atoms with E-state index in [0.717, 1.165) is 12.5 Å². The first-order valence-electron chi connectivity index (χ1n) is 3.71. The molecule has 0 aliphatic rings. The van der Waals surface area contributed by atoms with E-state index in [4.69, 9.17) is 11.6 Å². The van der Waals surface area contributed by atoms with Crippen molar-refractivity contribution in [1.82, 2.24) is 0 Å². The second kappa shape index (κ2) is 5.39. The first-order chi connectivity index (χ1) is 5.24. The molecule has 0 aliphatic heterocycles. The van der Waals surface area contributed by atoms with Gasteiger partial charge >= 0.3 is 0 Å². The Bertz CT molecular complexity index is 130. The van der Waals surface area contributed by atoms with Crippen LogP contribution in [0.1, 0.15) is 6.42 Å². The zero-order valence-corrected chi connectivity index (χ0v) is 8.61. The number of rotatable bonds is 6. The van der Waals surface area contributed by atoms with Gasteiger partial charge in [-0.15, -0.1) is 31.3 Å². The van der Waals surface area contributed by atoms with Crippen LogP contribution in [0, 0.1) is 0 Å². The molecule has 0 saturated heterocycles. The lowest BCUT2D eigenvalue weighted by atomic mass is 10.6. The monoisotopic (exact) mass is 186 g/mol. The first-order valence-corrected chi connectivity index (χ1v) is 6.69. The molecule has 0 heterocycles. The molecule has 0 saturated carbocycles. The summed E-state index contributed by atoms with van der Waals surface area (Å²) in [6, 6.07) is 1.09. The van der Waals surface area contributed by atoms with Crippen LogP contribution in [-0.2, 0) is 0 Å². The number of hydrogen-bond donors (Lipinski definition) is 0. The summed E-state index contributed by atoms with van der Waals surface area (Å²) in [7, 11) is -1.53. The lowest BCUT2D eigenvalue weighted by Gasteiger charge is -2.18. The van der Waals surface area contributed by atoms with Crippen molar-refractivity contribution >= 4 is 19.7 Å². The van der Waals surface area contributed by atoms with Gasteiger partial charge in [-0.05, 0) is 12.5 Å². The maximum atomic E-state index is 5.60. The van der Waals surface area contributed by atoms with Gasteiger partial charge in [0.2, 0.25) is 0 Å². The van der Waals surface area contributed by atoms with Crippen LogP contribution in [0.3, 0.4) is 0 Å². The normalized spacial score (nSPS) is 10.6. The molecule has 0 amide bonds. The summed E-state index contributed by atoms with van der Waals surface area (Å²) in [6.45, 7) is 11.4. The van der Waals surface area contributed by atoms with Crippen LogP contribution in [0.2, 0.25) is 6.04 Å². The molecule has 0 fully saturated rings. The molecule has 0 aliphatic carbocycles. The van der Waals surface area contributed by atoms with E-state index >= 15 is 0 Å². The standard InChI is InChI=1S/C9H15ClSi/c1-4-11(5-2,6-3)9-7-8-10/h4-6H,1-3,7-9H2. The molecule has 62 valence electrons. The van der Waals surface area contributed by atoms with E-state index in [1.54, 1.807) is 0 Å². The molecule has 0 aromatic rings. The van der Waals surface area contributed by atoms with Gasteiger partial charge in [-0.3, -0.25) is 0 Å². The minimum atomic E-state index is -1.53. The molecule has 0 N–H and O–H groups in total. The van der Waals surface area contributed by atoms with E-state index in [1.165, 1.54) is 0 Å². The average Bonchev–Trinajstić information content (AvgIpc) is 2.08. The van der Waals surface area contributed by atoms with Gasteiger partial charge < -0.3 is 0 Å². The molecule has 0 aromatic heterocycles. The minimum absolute atomic E-state index is 0.713. The Morgan fingerprint density at radius 2 is 1.55 bits per heavy atom. The van der Waals surface area contributed by atoms with Crippen molar-refractivity contribution in [1.29, 1.82) is 0 Å². The maximum absolute atomic E-state index is 5.60. The van der Waals surface area contributed by atoms with Gasteiger partial charge in [-0.2, -0.15) is 0 Å². The number of alkyl halides is 1. The molecule has 0 bridgehead atoms. The quantitative estimate of drug-likeness (QED) is 0.442. The van der Waals surface area contributed by atoms with Gasteiger partial charge in [0.05, 0.1) is 0 Å². The lowest BCUT2D eigenvalue weighted by molar-refractivity contribution is 1.07. The summed E-state index contributed by atoms with van der Waals surface area (Å²) < 4.78 is 0. The summed E-state index contributed by atoms with van der Waals surface area (Å²) in [5.74, 6) is 0.713. The van der Waals surface area contributed by atoms with Crippen molar-refractivity contribution in [2.24, 2.45) is 0 Å². The summed E-state index contributed by atoms with van der Waals surface area (Å²) >= 11 is 5.60. The second-order valence-electron chi connectivity index (χ2n) is 2.52. The van der Waals surface area contributed by atoms with Crippen molar-refractivity contribution in [3.63, 3.8) is 0 Å². The summed E-state index contributed by atoms with van der Waals surface area (Å²) in [5.41, 5.74) is 6.00. The lowest BCUT2D eigenvalue weighted by Crippen LogP contribution is -2.26. The van der Waals surface area contributed by atoms with E-state index in [1.807, 2.05) is 17.1 Å². The van der Waals surface area contributed by atoms with Gasteiger partial charge in [0, 0.05) is 5.88 Å². The highest BCUT2D eigenvalue weighted by atomic mass is 35.5. The molecular weight excluding hydrogens is 172 g/mol. The van der Waals surface area contributed by atoms with Crippen LogP contribution in [0.4, 0.5) is 0 Å². The van der Waals surface area contributed by atoms with Crippen LogP contribution < -0.4 is 0 Å². The van der Waals surface area contributed by atoms with Gasteiger partial charge in [0.25, 0.3) is 0 Å². The Kier molecular flexibility index (Phi) is 5.25. The Balaban J connectivity index is 4.16. The summed E-state index contributed by atoms with van der Waals surface area (Å²) in [4.78, 5) is 0. The Hall–Kier alpha value is -0.273. The minimum Gasteiger partial charge on any atom is -0.127 e. The Morgan fingerprint density at radius 3 is 1.82 bits per heavy atom. The number of hydrogen-bond acceptors (Lipinski definition) is 0. The SMILES string of the molecule is C=C[Si](C=C)(C=C)CCCCl. The van der Waals surface area contributed by atoms with E-state index in [-0.39, 0.29) is 0 Å². The molecule has 0 nitrogen and oxygen atoms in total. The molecule has 0 rings (SSSR count). The molecular formula is C9H15ClSi. The zero-order valence-electron chi connectivity index (χ0n) is 6.85. The fourth-order valence-electron chi connectivity index (χ4n) is 0.929. The Morgan fingerprint density at radius 1 is 1.09 bits per heavy atom. The second-order valence-corrected chi connectivity index (χ2v) is 6.84. The van der Waals surface area contributed by atoms with Crippen LogP contribution in [0.15, 0.2) is 36.8 Å². The number of halogens is 1. The van der Waals surface area contributed by atoms with E-state index in [2.05, 4.69) is 19.7 Å².